The van der Waals surface area contributed by atoms with E-state index in [0.717, 1.165) is 28.8 Å². The topological polar surface area (TPSA) is 47.4 Å². The van der Waals surface area contributed by atoms with Crippen molar-refractivity contribution >= 4 is 40.3 Å². The molecule has 0 unspecified atom stereocenters. The molecule has 4 aromatic carbocycles. The number of nitrogens with zero attached hydrogens (tertiary/aromatic N) is 3. The fraction of sp³-hybridized carbons (Fsp3) is 0.0882. The largest absolute Gasteiger partial charge is 0.489 e. The summed E-state index contributed by atoms with van der Waals surface area (Å²) in [6, 6.07) is 33.9. The van der Waals surface area contributed by atoms with Gasteiger partial charge in [-0.1, -0.05) is 90.7 Å². The minimum atomic E-state index is -0.296. The number of thioether (sulfide) groups is 1. The third-order valence-corrected chi connectivity index (χ3v) is 8.25. The molecule has 0 saturated carbocycles. The van der Waals surface area contributed by atoms with Crippen molar-refractivity contribution in [2.75, 3.05) is 6.54 Å². The summed E-state index contributed by atoms with van der Waals surface area (Å²) < 4.78 is 22.2. The molecule has 6 rings (SSSR count). The second-order valence-corrected chi connectivity index (χ2v) is 11.4. The highest BCUT2D eigenvalue weighted by Gasteiger charge is 2.32. The first-order chi connectivity index (χ1) is 20.5. The van der Waals surface area contributed by atoms with Crippen LogP contribution >= 0.6 is 24.0 Å². The fourth-order valence-corrected chi connectivity index (χ4v) is 5.93. The van der Waals surface area contributed by atoms with E-state index in [2.05, 4.69) is 0 Å². The summed E-state index contributed by atoms with van der Waals surface area (Å²) in [6.07, 6.45) is 4.51. The normalized spacial score (nSPS) is 14.1. The Hall–Kier alpha value is -4.53. The van der Waals surface area contributed by atoms with Crippen molar-refractivity contribution in [2.45, 2.75) is 13.0 Å². The molecule has 0 aliphatic carbocycles. The van der Waals surface area contributed by atoms with Gasteiger partial charge in [0.25, 0.3) is 5.91 Å². The molecule has 0 bridgehead atoms. The van der Waals surface area contributed by atoms with E-state index < -0.39 is 0 Å². The maximum Gasteiger partial charge on any atom is 0.266 e. The summed E-state index contributed by atoms with van der Waals surface area (Å²) in [4.78, 5) is 15.6. The SMILES string of the molecule is O=C1C(=Cc2cn(-c3ccccc3)nc2-c2ccc(OCc3ccccc3F)cc2)SC(=S)N1CCc1ccccc1. The molecule has 0 atom stereocenters. The van der Waals surface area contributed by atoms with Gasteiger partial charge in [-0.2, -0.15) is 5.10 Å². The van der Waals surface area contributed by atoms with E-state index in [0.29, 0.717) is 32.8 Å². The Balaban J connectivity index is 1.26. The summed E-state index contributed by atoms with van der Waals surface area (Å²) in [5.74, 6) is 0.220. The number of thiocarbonyl (C=S) groups is 1. The van der Waals surface area contributed by atoms with Gasteiger partial charge in [-0.25, -0.2) is 9.07 Å². The fourth-order valence-electron chi connectivity index (χ4n) is 4.64. The predicted molar refractivity (Wildman–Crippen MR) is 170 cm³/mol. The summed E-state index contributed by atoms with van der Waals surface area (Å²) in [5, 5.41) is 4.88. The molecule has 2 heterocycles. The predicted octanol–water partition coefficient (Wildman–Crippen LogP) is 7.70. The van der Waals surface area contributed by atoms with Crippen molar-refractivity contribution in [3.05, 3.63) is 143 Å². The van der Waals surface area contributed by atoms with Crippen LogP contribution in [0.2, 0.25) is 0 Å². The Morgan fingerprint density at radius 3 is 2.31 bits per heavy atom. The number of carbonyl (C=O) groups excluding carboxylic acids is 1. The first-order valence-corrected chi connectivity index (χ1v) is 14.7. The summed E-state index contributed by atoms with van der Waals surface area (Å²) in [5.41, 5.74) is 4.92. The number of carbonyl (C=O) groups is 1. The van der Waals surface area contributed by atoms with Crippen molar-refractivity contribution < 1.29 is 13.9 Å². The Morgan fingerprint density at radius 1 is 0.881 bits per heavy atom. The summed E-state index contributed by atoms with van der Waals surface area (Å²) in [6.45, 7) is 0.655. The molecule has 208 valence electrons. The highest BCUT2D eigenvalue weighted by atomic mass is 32.2. The van der Waals surface area contributed by atoms with Crippen LogP contribution in [-0.4, -0.2) is 31.5 Å². The van der Waals surface area contributed by atoms with E-state index in [4.69, 9.17) is 22.1 Å². The zero-order valence-corrected chi connectivity index (χ0v) is 24.2. The lowest BCUT2D eigenvalue weighted by Crippen LogP contribution is -2.30. The van der Waals surface area contributed by atoms with Gasteiger partial charge in [0.15, 0.2) is 0 Å². The number of halogens is 1. The zero-order chi connectivity index (χ0) is 28.9. The minimum Gasteiger partial charge on any atom is -0.489 e. The van der Waals surface area contributed by atoms with Crippen LogP contribution in [0.25, 0.3) is 23.0 Å². The molecule has 1 saturated heterocycles. The van der Waals surface area contributed by atoms with Crippen molar-refractivity contribution in [3.8, 4) is 22.7 Å². The Morgan fingerprint density at radius 2 is 1.57 bits per heavy atom. The first kappa shape index (κ1) is 27.6. The molecule has 5 aromatic rings. The van der Waals surface area contributed by atoms with Crippen LogP contribution in [0.15, 0.2) is 120 Å². The number of hydrogen-bond acceptors (Lipinski definition) is 5. The number of aromatic nitrogens is 2. The molecule has 0 spiro atoms. The lowest BCUT2D eigenvalue weighted by atomic mass is 10.1. The highest BCUT2D eigenvalue weighted by molar-refractivity contribution is 8.26. The van der Waals surface area contributed by atoms with Crippen LogP contribution in [0.1, 0.15) is 16.7 Å². The smallest absolute Gasteiger partial charge is 0.266 e. The van der Waals surface area contributed by atoms with Crippen molar-refractivity contribution in [3.63, 3.8) is 0 Å². The lowest BCUT2D eigenvalue weighted by molar-refractivity contribution is -0.122. The Labute approximate surface area is 253 Å². The number of rotatable bonds is 9. The minimum absolute atomic E-state index is 0.101. The molecule has 5 nitrogen and oxygen atoms in total. The van der Waals surface area contributed by atoms with Gasteiger partial charge in [-0.3, -0.25) is 9.69 Å². The number of benzene rings is 4. The lowest BCUT2D eigenvalue weighted by Gasteiger charge is -2.14. The standard InChI is InChI=1S/C34H26FN3O2S2/c35-30-14-8-7-11-26(30)23-40-29-17-15-25(16-18-29)32-27(22-38(36-32)28-12-5-2-6-13-28)21-31-33(39)37(34(41)42-31)20-19-24-9-3-1-4-10-24/h1-18,21-22H,19-20,23H2. The van der Waals surface area contributed by atoms with E-state index in [1.807, 2.05) is 97.2 Å². The first-order valence-electron chi connectivity index (χ1n) is 13.5. The van der Waals surface area contributed by atoms with Crippen LogP contribution in [-0.2, 0) is 17.8 Å². The van der Waals surface area contributed by atoms with Crippen LogP contribution in [0.5, 0.6) is 5.75 Å². The van der Waals surface area contributed by atoms with Crippen LogP contribution in [0.3, 0.4) is 0 Å². The monoisotopic (exact) mass is 591 g/mol. The number of amides is 1. The second kappa shape index (κ2) is 12.5. The van der Waals surface area contributed by atoms with Crippen LogP contribution in [0, 0.1) is 5.82 Å². The maximum atomic E-state index is 14.0. The van der Waals surface area contributed by atoms with Gasteiger partial charge in [0.1, 0.15) is 22.5 Å². The van der Waals surface area contributed by atoms with Gasteiger partial charge < -0.3 is 4.74 Å². The van der Waals surface area contributed by atoms with Crippen LogP contribution < -0.4 is 4.74 Å². The van der Waals surface area contributed by atoms with E-state index >= 15 is 0 Å². The second-order valence-electron chi connectivity index (χ2n) is 9.69. The Bertz CT molecular complexity index is 1750. The van der Waals surface area contributed by atoms with Crippen LogP contribution in [0.4, 0.5) is 4.39 Å². The molecular weight excluding hydrogens is 566 g/mol. The van der Waals surface area contributed by atoms with E-state index in [1.54, 1.807) is 27.8 Å². The number of para-hydroxylation sites is 1. The van der Waals surface area contributed by atoms with Gasteiger partial charge in [-0.15, -0.1) is 0 Å². The molecule has 1 aromatic heterocycles. The molecule has 1 aliphatic rings. The van der Waals surface area contributed by atoms with E-state index in [1.165, 1.54) is 17.8 Å². The quantitative estimate of drug-likeness (QED) is 0.130. The van der Waals surface area contributed by atoms with Gasteiger partial charge in [-0.05, 0) is 60.5 Å². The molecular formula is C34H26FN3O2S2. The Kier molecular flexibility index (Phi) is 8.26. The molecule has 0 radical (unpaired) electrons. The zero-order valence-electron chi connectivity index (χ0n) is 22.5. The maximum absolute atomic E-state index is 14.0. The van der Waals surface area contributed by atoms with E-state index in [9.17, 15) is 9.18 Å². The summed E-state index contributed by atoms with van der Waals surface area (Å²) in [7, 11) is 0. The molecule has 1 fully saturated rings. The third kappa shape index (κ3) is 6.20. The molecule has 1 amide bonds. The van der Waals surface area contributed by atoms with Gasteiger partial charge in [0, 0.05) is 29.4 Å². The number of ether oxygens (including phenoxy) is 1. The van der Waals surface area contributed by atoms with Gasteiger partial charge in [0.2, 0.25) is 0 Å². The highest BCUT2D eigenvalue weighted by Crippen LogP contribution is 2.35. The van der Waals surface area contributed by atoms with Crippen molar-refractivity contribution in [1.82, 2.24) is 14.7 Å². The average molecular weight is 592 g/mol. The molecule has 0 N–H and O–H groups in total. The molecule has 42 heavy (non-hydrogen) atoms. The average Bonchev–Trinajstić information content (AvgIpc) is 3.56. The van der Waals surface area contributed by atoms with Gasteiger partial charge in [0.05, 0.1) is 16.3 Å². The van der Waals surface area contributed by atoms with Crippen molar-refractivity contribution in [2.24, 2.45) is 0 Å². The summed E-state index contributed by atoms with van der Waals surface area (Å²) >= 11 is 6.90. The van der Waals surface area contributed by atoms with Crippen molar-refractivity contribution in [1.29, 1.82) is 0 Å². The molecule has 1 aliphatic heterocycles. The molecule has 8 heteroatoms. The van der Waals surface area contributed by atoms with Gasteiger partial charge >= 0.3 is 0 Å². The third-order valence-electron chi connectivity index (χ3n) is 6.87. The number of hydrogen-bond donors (Lipinski definition) is 0. The van der Waals surface area contributed by atoms with E-state index in [-0.39, 0.29) is 18.3 Å².